The minimum Gasteiger partial charge on any atom is -0.365 e. The molecule has 2 saturated heterocycles. The zero-order chi connectivity index (χ0) is 19.6. The Morgan fingerprint density at radius 3 is 2.70 bits per heavy atom. The standard InChI is InChI=1S/C21H26N6OS.ClH/c28-19-17(20-24-15-8-2-3-9-16(15)29-20)18(23-14-7-6-10-22-13-14)25-21(26-19)27-11-4-1-5-12-27;/h2-3,8-9,14,22H,1,4-7,10-13H2,(H2,23,25,26,28);1H/t14-;/m1./s1. The van der Waals surface area contributed by atoms with Crippen molar-refractivity contribution in [2.75, 3.05) is 36.4 Å². The normalized spacial score (nSPS) is 19.5. The van der Waals surface area contributed by atoms with Crippen LogP contribution in [-0.2, 0) is 0 Å². The van der Waals surface area contributed by atoms with E-state index in [0.717, 1.165) is 67.1 Å². The summed E-state index contributed by atoms with van der Waals surface area (Å²) in [6.07, 6.45) is 5.71. The van der Waals surface area contributed by atoms with E-state index >= 15 is 0 Å². The van der Waals surface area contributed by atoms with E-state index in [9.17, 15) is 4.79 Å². The molecule has 2 aromatic heterocycles. The number of halogens is 1. The lowest BCUT2D eigenvalue weighted by Crippen LogP contribution is -2.39. The minimum absolute atomic E-state index is 0. The van der Waals surface area contributed by atoms with E-state index in [0.29, 0.717) is 17.3 Å². The van der Waals surface area contributed by atoms with Crippen LogP contribution in [-0.4, -0.2) is 47.2 Å². The third-order valence-electron chi connectivity index (χ3n) is 5.71. The first-order chi connectivity index (χ1) is 14.3. The number of fused-ring (bicyclic) bond motifs is 1. The van der Waals surface area contributed by atoms with Crippen molar-refractivity contribution in [3.8, 4) is 10.6 Å². The van der Waals surface area contributed by atoms with Crippen molar-refractivity contribution in [1.29, 1.82) is 0 Å². The molecule has 1 aromatic carbocycles. The van der Waals surface area contributed by atoms with Gasteiger partial charge in [-0.3, -0.25) is 9.78 Å². The van der Waals surface area contributed by atoms with Gasteiger partial charge in [0.25, 0.3) is 5.56 Å². The van der Waals surface area contributed by atoms with Crippen LogP contribution in [0.2, 0.25) is 0 Å². The Bertz CT molecular complexity index is 1020. The first-order valence-corrected chi connectivity index (χ1v) is 11.3. The van der Waals surface area contributed by atoms with Gasteiger partial charge in [0.05, 0.1) is 10.2 Å². The second-order valence-corrected chi connectivity index (χ2v) is 8.87. The summed E-state index contributed by atoms with van der Waals surface area (Å²) in [5, 5.41) is 7.71. The maximum atomic E-state index is 13.2. The predicted octanol–water partition coefficient (Wildman–Crippen LogP) is 3.62. The maximum Gasteiger partial charge on any atom is 0.264 e. The van der Waals surface area contributed by atoms with Crippen molar-refractivity contribution in [2.45, 2.75) is 38.1 Å². The molecule has 0 spiro atoms. The molecule has 160 valence electrons. The Morgan fingerprint density at radius 1 is 1.10 bits per heavy atom. The number of aromatic nitrogens is 3. The van der Waals surface area contributed by atoms with Crippen LogP contribution in [0.15, 0.2) is 29.1 Å². The van der Waals surface area contributed by atoms with E-state index in [1.165, 1.54) is 6.42 Å². The Balaban J connectivity index is 0.00000218. The first kappa shape index (κ1) is 21.1. The molecular weight excluding hydrogens is 420 g/mol. The number of piperidine rings is 2. The number of rotatable bonds is 4. The monoisotopic (exact) mass is 446 g/mol. The molecule has 5 rings (SSSR count). The van der Waals surface area contributed by atoms with Crippen LogP contribution in [0.3, 0.4) is 0 Å². The second kappa shape index (κ2) is 9.32. The summed E-state index contributed by atoms with van der Waals surface area (Å²) < 4.78 is 1.08. The van der Waals surface area contributed by atoms with Gasteiger partial charge < -0.3 is 15.5 Å². The van der Waals surface area contributed by atoms with Crippen LogP contribution in [0.5, 0.6) is 0 Å². The van der Waals surface area contributed by atoms with Gasteiger partial charge in [0, 0.05) is 25.7 Å². The Morgan fingerprint density at radius 2 is 1.93 bits per heavy atom. The third kappa shape index (κ3) is 4.31. The topological polar surface area (TPSA) is 85.9 Å². The quantitative estimate of drug-likeness (QED) is 0.567. The highest BCUT2D eigenvalue weighted by Crippen LogP contribution is 2.32. The van der Waals surface area contributed by atoms with Crippen LogP contribution in [0.25, 0.3) is 20.8 Å². The lowest BCUT2D eigenvalue weighted by Gasteiger charge is -2.29. The Labute approximate surface area is 185 Å². The fourth-order valence-corrected chi connectivity index (χ4v) is 5.18. The van der Waals surface area contributed by atoms with Gasteiger partial charge >= 0.3 is 0 Å². The highest BCUT2D eigenvalue weighted by molar-refractivity contribution is 7.21. The van der Waals surface area contributed by atoms with Gasteiger partial charge in [-0.15, -0.1) is 23.7 Å². The number of benzene rings is 1. The molecule has 4 heterocycles. The summed E-state index contributed by atoms with van der Waals surface area (Å²) in [6, 6.07) is 8.26. The molecule has 0 amide bonds. The van der Waals surface area contributed by atoms with Gasteiger partial charge in [-0.05, 0) is 50.8 Å². The maximum absolute atomic E-state index is 13.2. The smallest absolute Gasteiger partial charge is 0.264 e. The van der Waals surface area contributed by atoms with Crippen molar-refractivity contribution >= 4 is 45.7 Å². The number of H-pyrrole nitrogens is 1. The van der Waals surface area contributed by atoms with Crippen molar-refractivity contribution in [3.63, 3.8) is 0 Å². The van der Waals surface area contributed by atoms with E-state index in [1.807, 2.05) is 24.3 Å². The van der Waals surface area contributed by atoms with Gasteiger partial charge in [0.1, 0.15) is 16.4 Å². The van der Waals surface area contributed by atoms with Gasteiger partial charge in [0.2, 0.25) is 5.95 Å². The van der Waals surface area contributed by atoms with E-state index < -0.39 is 0 Å². The van der Waals surface area contributed by atoms with E-state index in [1.54, 1.807) is 11.3 Å². The molecule has 9 heteroatoms. The number of nitrogens with zero attached hydrogens (tertiary/aromatic N) is 3. The van der Waals surface area contributed by atoms with Crippen LogP contribution >= 0.6 is 23.7 Å². The molecular formula is C21H27ClN6OS. The molecule has 0 bridgehead atoms. The number of aromatic amines is 1. The van der Waals surface area contributed by atoms with Crippen LogP contribution < -0.4 is 21.1 Å². The minimum atomic E-state index is -0.120. The molecule has 30 heavy (non-hydrogen) atoms. The van der Waals surface area contributed by atoms with Gasteiger partial charge in [-0.1, -0.05) is 12.1 Å². The molecule has 0 radical (unpaired) electrons. The zero-order valence-corrected chi connectivity index (χ0v) is 18.5. The molecule has 3 aromatic rings. The number of hydrogen-bond acceptors (Lipinski definition) is 7. The zero-order valence-electron chi connectivity index (χ0n) is 16.8. The van der Waals surface area contributed by atoms with Gasteiger partial charge in [-0.25, -0.2) is 4.98 Å². The number of thiazole rings is 1. The summed E-state index contributed by atoms with van der Waals surface area (Å²) in [7, 11) is 0. The molecule has 1 atom stereocenters. The molecule has 3 N–H and O–H groups in total. The molecule has 0 saturated carbocycles. The number of hydrogen-bond donors (Lipinski definition) is 3. The largest absolute Gasteiger partial charge is 0.365 e. The van der Waals surface area contributed by atoms with Crippen LogP contribution in [0.1, 0.15) is 32.1 Å². The van der Waals surface area contributed by atoms with E-state index in [2.05, 4.69) is 20.5 Å². The number of nitrogens with one attached hydrogen (secondary N) is 3. The SMILES string of the molecule is Cl.O=c1[nH]c(N2CCCCC2)nc(N[C@@H]2CCCNC2)c1-c1nc2ccccc2s1. The van der Waals surface area contributed by atoms with Crippen LogP contribution in [0.4, 0.5) is 11.8 Å². The average Bonchev–Trinajstić information content (AvgIpc) is 3.18. The lowest BCUT2D eigenvalue weighted by atomic mass is 10.1. The highest BCUT2D eigenvalue weighted by atomic mass is 35.5. The molecule has 2 aliphatic heterocycles. The highest BCUT2D eigenvalue weighted by Gasteiger charge is 2.23. The molecule has 0 unspecified atom stereocenters. The fraction of sp³-hybridized carbons (Fsp3) is 0.476. The van der Waals surface area contributed by atoms with E-state index in [-0.39, 0.29) is 24.0 Å². The second-order valence-electron chi connectivity index (χ2n) is 7.84. The molecule has 2 aliphatic rings. The predicted molar refractivity (Wildman–Crippen MR) is 126 cm³/mol. The molecule has 2 fully saturated rings. The first-order valence-electron chi connectivity index (χ1n) is 10.5. The van der Waals surface area contributed by atoms with Crippen LogP contribution in [0, 0.1) is 0 Å². The van der Waals surface area contributed by atoms with Crippen molar-refractivity contribution < 1.29 is 0 Å². The molecule has 7 nitrogen and oxygen atoms in total. The fourth-order valence-electron chi connectivity index (χ4n) is 4.17. The molecule has 0 aliphatic carbocycles. The van der Waals surface area contributed by atoms with Crippen molar-refractivity contribution in [2.24, 2.45) is 0 Å². The van der Waals surface area contributed by atoms with E-state index in [4.69, 9.17) is 9.97 Å². The number of para-hydroxylation sites is 1. The summed E-state index contributed by atoms with van der Waals surface area (Å²) >= 11 is 1.54. The van der Waals surface area contributed by atoms with Crippen molar-refractivity contribution in [1.82, 2.24) is 20.3 Å². The lowest BCUT2D eigenvalue weighted by molar-refractivity contribution is 0.479. The third-order valence-corrected chi connectivity index (χ3v) is 6.76. The summed E-state index contributed by atoms with van der Waals surface area (Å²) in [4.78, 5) is 28.1. The Kier molecular flexibility index (Phi) is 6.55. The summed E-state index contributed by atoms with van der Waals surface area (Å²) in [6.45, 7) is 3.80. The number of anilines is 2. The summed E-state index contributed by atoms with van der Waals surface area (Å²) in [5.74, 6) is 1.33. The van der Waals surface area contributed by atoms with Gasteiger partial charge in [0.15, 0.2) is 0 Å². The average molecular weight is 447 g/mol. The summed E-state index contributed by atoms with van der Waals surface area (Å²) in [5.41, 5.74) is 1.35. The Hall–Kier alpha value is -2.16. The van der Waals surface area contributed by atoms with Crippen molar-refractivity contribution in [3.05, 3.63) is 34.6 Å². The van der Waals surface area contributed by atoms with Gasteiger partial charge in [-0.2, -0.15) is 4.98 Å².